The van der Waals surface area contributed by atoms with Crippen molar-refractivity contribution in [1.29, 1.82) is 0 Å². The molecule has 1 heterocycles. The number of esters is 1. The maximum atomic E-state index is 12.1. The second-order valence-corrected chi connectivity index (χ2v) is 5.69. The maximum Gasteiger partial charge on any atom is 0.338 e. The van der Waals surface area contributed by atoms with Crippen LogP contribution in [0.1, 0.15) is 33.2 Å². The Bertz CT molecular complexity index is 830. The minimum atomic E-state index is -0.956. The lowest BCUT2D eigenvalue weighted by atomic mass is 10.1. The first-order valence-electron chi connectivity index (χ1n) is 7.99. The molecule has 1 amide bonds. The number of amides is 1. The van der Waals surface area contributed by atoms with E-state index in [1.54, 1.807) is 12.1 Å². The largest absolute Gasteiger partial charge is 0.454 e. The molecule has 0 aliphatic carbocycles. The van der Waals surface area contributed by atoms with Crippen molar-refractivity contribution in [3.63, 3.8) is 0 Å². The van der Waals surface area contributed by atoms with Crippen LogP contribution in [0.5, 0.6) is 11.5 Å². The molecule has 2 aromatic carbocycles. The van der Waals surface area contributed by atoms with Gasteiger partial charge in [0.2, 0.25) is 6.79 Å². The van der Waals surface area contributed by atoms with Crippen LogP contribution >= 0.6 is 0 Å². The van der Waals surface area contributed by atoms with E-state index >= 15 is 0 Å². The summed E-state index contributed by atoms with van der Waals surface area (Å²) in [5, 5.41) is 2.71. The molecule has 0 spiro atoms. The number of carbonyl (C=O) groups excluding carboxylic acids is 3. The lowest BCUT2D eigenvalue weighted by Crippen LogP contribution is -2.35. The Balaban J connectivity index is 1.52. The van der Waals surface area contributed by atoms with Crippen molar-refractivity contribution in [2.24, 2.45) is 0 Å². The minimum absolute atomic E-state index is 0.186. The number of carbonyl (C=O) groups is 3. The van der Waals surface area contributed by atoms with Crippen molar-refractivity contribution in [2.75, 3.05) is 6.79 Å². The SMILES string of the molecule is CC(OC(=O)c1ccc(C=O)cc1)C(=O)NCc1ccc2c(c1)OCO2. The topological polar surface area (TPSA) is 90.9 Å². The van der Waals surface area contributed by atoms with Crippen molar-refractivity contribution in [3.05, 3.63) is 59.2 Å². The summed E-state index contributed by atoms with van der Waals surface area (Å²) in [4.78, 5) is 34.8. The third kappa shape index (κ3) is 4.00. The molecule has 134 valence electrons. The lowest BCUT2D eigenvalue weighted by molar-refractivity contribution is -0.129. The molecule has 1 unspecified atom stereocenters. The fraction of sp³-hybridized carbons (Fsp3) is 0.211. The number of rotatable bonds is 6. The van der Waals surface area contributed by atoms with Gasteiger partial charge in [0, 0.05) is 12.1 Å². The van der Waals surface area contributed by atoms with Crippen molar-refractivity contribution < 1.29 is 28.6 Å². The zero-order chi connectivity index (χ0) is 18.5. The van der Waals surface area contributed by atoms with E-state index in [1.165, 1.54) is 31.2 Å². The average molecular weight is 355 g/mol. The number of ether oxygens (including phenoxy) is 3. The van der Waals surface area contributed by atoms with Gasteiger partial charge in [-0.3, -0.25) is 9.59 Å². The number of aldehydes is 1. The van der Waals surface area contributed by atoms with E-state index in [9.17, 15) is 14.4 Å². The Hall–Kier alpha value is -3.35. The van der Waals surface area contributed by atoms with Crippen molar-refractivity contribution in [2.45, 2.75) is 19.6 Å². The summed E-state index contributed by atoms with van der Waals surface area (Å²) in [6, 6.07) is 11.3. The Labute approximate surface area is 149 Å². The van der Waals surface area contributed by atoms with Gasteiger partial charge >= 0.3 is 5.97 Å². The molecule has 0 aromatic heterocycles. The third-order valence-corrected chi connectivity index (χ3v) is 3.84. The Morgan fingerprint density at radius 3 is 2.62 bits per heavy atom. The highest BCUT2D eigenvalue weighted by molar-refractivity contribution is 5.92. The van der Waals surface area contributed by atoms with E-state index in [0.29, 0.717) is 23.3 Å². The molecule has 2 aromatic rings. The standard InChI is InChI=1S/C19H17NO6/c1-12(26-19(23)15-5-2-13(10-21)3-6-15)18(22)20-9-14-4-7-16-17(8-14)25-11-24-16/h2-8,10,12H,9,11H2,1H3,(H,20,22). The van der Waals surface area contributed by atoms with Crippen molar-refractivity contribution in [3.8, 4) is 11.5 Å². The van der Waals surface area contributed by atoms with Crippen LogP contribution in [0.4, 0.5) is 0 Å². The number of benzene rings is 2. The fourth-order valence-electron chi connectivity index (χ4n) is 2.36. The Morgan fingerprint density at radius 2 is 1.88 bits per heavy atom. The molecule has 1 aliphatic heterocycles. The molecule has 3 rings (SSSR count). The summed E-state index contributed by atoms with van der Waals surface area (Å²) in [5.41, 5.74) is 1.56. The molecule has 0 saturated carbocycles. The maximum absolute atomic E-state index is 12.1. The summed E-state index contributed by atoms with van der Waals surface area (Å²) in [6.07, 6.45) is -0.274. The van der Waals surface area contributed by atoms with E-state index in [0.717, 1.165) is 5.56 Å². The molecule has 0 saturated heterocycles. The Kier molecular flexibility index (Phi) is 5.17. The molecule has 26 heavy (non-hydrogen) atoms. The molecule has 7 heteroatoms. The van der Waals surface area contributed by atoms with Gasteiger partial charge in [-0.2, -0.15) is 0 Å². The predicted octanol–water partition coefficient (Wildman–Crippen LogP) is 2.09. The fourth-order valence-corrected chi connectivity index (χ4v) is 2.36. The summed E-state index contributed by atoms with van der Waals surface area (Å²) < 4.78 is 15.7. The summed E-state index contributed by atoms with van der Waals surface area (Å²) in [7, 11) is 0. The van der Waals surface area contributed by atoms with Gasteiger partial charge in [-0.15, -0.1) is 0 Å². The second kappa shape index (κ2) is 7.69. The van der Waals surface area contributed by atoms with Crippen LogP contribution in [-0.4, -0.2) is 31.1 Å². The lowest BCUT2D eigenvalue weighted by Gasteiger charge is -2.14. The molecular formula is C19H17NO6. The van der Waals surface area contributed by atoms with Gasteiger partial charge < -0.3 is 19.5 Å². The molecule has 0 fully saturated rings. The second-order valence-electron chi connectivity index (χ2n) is 5.69. The van der Waals surface area contributed by atoms with E-state index in [4.69, 9.17) is 14.2 Å². The van der Waals surface area contributed by atoms with Crippen LogP contribution in [0.25, 0.3) is 0 Å². The van der Waals surface area contributed by atoms with Crippen LogP contribution in [0, 0.1) is 0 Å². The zero-order valence-corrected chi connectivity index (χ0v) is 14.1. The van der Waals surface area contributed by atoms with Gasteiger partial charge in [0.1, 0.15) is 6.29 Å². The number of fused-ring (bicyclic) bond motifs is 1. The van der Waals surface area contributed by atoms with Crippen LogP contribution in [-0.2, 0) is 16.1 Å². The predicted molar refractivity (Wildman–Crippen MR) is 91.1 cm³/mol. The number of hydrogen-bond acceptors (Lipinski definition) is 6. The highest BCUT2D eigenvalue weighted by Crippen LogP contribution is 2.32. The van der Waals surface area contributed by atoms with Gasteiger partial charge in [0.05, 0.1) is 5.56 Å². The summed E-state index contributed by atoms with van der Waals surface area (Å²) >= 11 is 0. The molecule has 0 bridgehead atoms. The summed E-state index contributed by atoms with van der Waals surface area (Å²) in [5.74, 6) is 0.256. The molecule has 7 nitrogen and oxygen atoms in total. The molecule has 1 atom stereocenters. The first kappa shape index (κ1) is 17.5. The minimum Gasteiger partial charge on any atom is -0.454 e. The van der Waals surface area contributed by atoms with Crippen molar-refractivity contribution >= 4 is 18.2 Å². The first-order valence-corrected chi connectivity index (χ1v) is 7.99. The monoisotopic (exact) mass is 355 g/mol. The molecular weight excluding hydrogens is 338 g/mol. The highest BCUT2D eigenvalue weighted by atomic mass is 16.7. The molecule has 0 radical (unpaired) electrons. The number of hydrogen-bond donors (Lipinski definition) is 1. The smallest absolute Gasteiger partial charge is 0.338 e. The molecule has 1 aliphatic rings. The molecule has 1 N–H and O–H groups in total. The van der Waals surface area contributed by atoms with Gasteiger partial charge in [-0.25, -0.2) is 4.79 Å². The van der Waals surface area contributed by atoms with Crippen LogP contribution in [0.2, 0.25) is 0 Å². The normalized spacial score (nSPS) is 13.0. The van der Waals surface area contributed by atoms with Gasteiger partial charge in [0.15, 0.2) is 17.6 Å². The van der Waals surface area contributed by atoms with Gasteiger partial charge in [-0.1, -0.05) is 18.2 Å². The average Bonchev–Trinajstić information content (AvgIpc) is 3.13. The van der Waals surface area contributed by atoms with E-state index in [2.05, 4.69) is 5.32 Å². The van der Waals surface area contributed by atoms with E-state index in [-0.39, 0.29) is 18.9 Å². The van der Waals surface area contributed by atoms with E-state index < -0.39 is 18.0 Å². The van der Waals surface area contributed by atoms with Crippen molar-refractivity contribution in [1.82, 2.24) is 5.32 Å². The quantitative estimate of drug-likeness (QED) is 0.630. The summed E-state index contributed by atoms with van der Waals surface area (Å²) in [6.45, 7) is 1.95. The third-order valence-electron chi connectivity index (χ3n) is 3.84. The zero-order valence-electron chi connectivity index (χ0n) is 14.1. The van der Waals surface area contributed by atoms with E-state index in [1.807, 2.05) is 6.07 Å². The van der Waals surface area contributed by atoms with Gasteiger partial charge in [0.25, 0.3) is 5.91 Å². The van der Waals surface area contributed by atoms with Gasteiger partial charge in [-0.05, 0) is 36.8 Å². The first-order chi connectivity index (χ1) is 12.6. The van der Waals surface area contributed by atoms with Crippen LogP contribution in [0.3, 0.4) is 0 Å². The van der Waals surface area contributed by atoms with Crippen LogP contribution in [0.15, 0.2) is 42.5 Å². The van der Waals surface area contributed by atoms with Crippen LogP contribution < -0.4 is 14.8 Å². The number of nitrogens with one attached hydrogen (secondary N) is 1. The highest BCUT2D eigenvalue weighted by Gasteiger charge is 2.19. The Morgan fingerprint density at radius 1 is 1.15 bits per heavy atom.